The maximum Gasteiger partial charge on any atom is 0.289 e. The number of nitrogens with zero attached hydrogens (tertiary/aromatic N) is 2. The third kappa shape index (κ3) is 4.66. The molecule has 1 saturated heterocycles. The van der Waals surface area contributed by atoms with E-state index in [4.69, 9.17) is 32.4 Å². The van der Waals surface area contributed by atoms with E-state index in [0.29, 0.717) is 47.6 Å². The van der Waals surface area contributed by atoms with Crippen molar-refractivity contribution in [2.45, 2.75) is 37.8 Å². The molecule has 0 bridgehead atoms. The summed E-state index contributed by atoms with van der Waals surface area (Å²) in [5.74, 6) is 0.0940. The van der Waals surface area contributed by atoms with E-state index in [-0.39, 0.29) is 24.0 Å². The van der Waals surface area contributed by atoms with E-state index in [1.54, 1.807) is 35.2 Å². The number of amides is 2. The maximum atomic E-state index is 13.0. The van der Waals surface area contributed by atoms with E-state index in [1.165, 1.54) is 6.26 Å². The Bertz CT molecular complexity index is 897. The van der Waals surface area contributed by atoms with Gasteiger partial charge in [-0.25, -0.2) is 0 Å². The van der Waals surface area contributed by atoms with Gasteiger partial charge in [-0.1, -0.05) is 36.0 Å². The summed E-state index contributed by atoms with van der Waals surface area (Å²) in [5.41, 5.74) is 0.490. The van der Waals surface area contributed by atoms with Crippen LogP contribution in [0.3, 0.4) is 0 Å². The van der Waals surface area contributed by atoms with E-state index < -0.39 is 0 Å². The molecular formula is C22H24Cl2N2O4. The third-order valence-electron chi connectivity index (χ3n) is 5.75. The van der Waals surface area contributed by atoms with Gasteiger partial charge in [-0.2, -0.15) is 0 Å². The van der Waals surface area contributed by atoms with Gasteiger partial charge < -0.3 is 19.0 Å². The Kier molecular flexibility index (Phi) is 6.66. The molecule has 30 heavy (non-hydrogen) atoms. The molecule has 6 nitrogen and oxygen atoms in total. The van der Waals surface area contributed by atoms with Crippen molar-refractivity contribution in [3.63, 3.8) is 0 Å². The molecule has 0 N–H and O–H groups in total. The zero-order valence-corrected chi connectivity index (χ0v) is 18.1. The molecule has 2 fully saturated rings. The Morgan fingerprint density at radius 2 is 1.93 bits per heavy atom. The van der Waals surface area contributed by atoms with Gasteiger partial charge in [0.25, 0.3) is 11.8 Å². The van der Waals surface area contributed by atoms with Crippen molar-refractivity contribution in [3.8, 4) is 0 Å². The average molecular weight is 451 g/mol. The van der Waals surface area contributed by atoms with Gasteiger partial charge in [0, 0.05) is 31.2 Å². The molecule has 1 aliphatic carbocycles. The molecular weight excluding hydrogens is 427 g/mol. The van der Waals surface area contributed by atoms with E-state index in [2.05, 4.69) is 0 Å². The van der Waals surface area contributed by atoms with Crippen LogP contribution in [0.1, 0.15) is 46.6 Å². The Labute approximate surface area is 185 Å². The fraction of sp³-hybridized carbons (Fsp3) is 0.455. The van der Waals surface area contributed by atoms with E-state index in [9.17, 15) is 9.59 Å². The lowest BCUT2D eigenvalue weighted by Gasteiger charge is -2.37. The number of hydrogen-bond donors (Lipinski definition) is 0. The van der Waals surface area contributed by atoms with Crippen LogP contribution in [0.15, 0.2) is 41.0 Å². The SMILES string of the molecule is O=C(c1ccc(Cl)c(Cl)c1)N1CCO[C@H](CN(C(=O)c2ccco2)C2CCCC2)C1. The smallest absolute Gasteiger partial charge is 0.289 e. The highest BCUT2D eigenvalue weighted by Crippen LogP contribution is 2.27. The molecule has 1 aromatic heterocycles. The van der Waals surface area contributed by atoms with Crippen molar-refractivity contribution in [1.82, 2.24) is 9.80 Å². The fourth-order valence-electron chi connectivity index (χ4n) is 4.20. The van der Waals surface area contributed by atoms with Crippen LogP contribution in [0.5, 0.6) is 0 Å². The first-order chi connectivity index (χ1) is 14.5. The topological polar surface area (TPSA) is 63.0 Å². The summed E-state index contributed by atoms with van der Waals surface area (Å²) >= 11 is 12.0. The summed E-state index contributed by atoms with van der Waals surface area (Å²) in [6, 6.07) is 8.46. The second kappa shape index (κ2) is 9.41. The first kappa shape index (κ1) is 21.2. The fourth-order valence-corrected chi connectivity index (χ4v) is 4.50. The lowest BCUT2D eigenvalue weighted by atomic mass is 10.1. The van der Waals surface area contributed by atoms with Crippen LogP contribution in [0.25, 0.3) is 0 Å². The maximum absolute atomic E-state index is 13.0. The molecule has 1 aromatic carbocycles. The summed E-state index contributed by atoms with van der Waals surface area (Å²) in [6.07, 6.45) is 5.43. The van der Waals surface area contributed by atoms with Crippen LogP contribution in [-0.2, 0) is 4.74 Å². The highest BCUT2D eigenvalue weighted by atomic mass is 35.5. The minimum Gasteiger partial charge on any atom is -0.459 e. The van der Waals surface area contributed by atoms with Gasteiger partial charge in [-0.3, -0.25) is 9.59 Å². The molecule has 1 aliphatic heterocycles. The van der Waals surface area contributed by atoms with Gasteiger partial charge >= 0.3 is 0 Å². The summed E-state index contributed by atoms with van der Waals surface area (Å²) in [7, 11) is 0. The number of morpholine rings is 1. The molecule has 160 valence electrons. The standard InChI is InChI=1S/C22H24Cl2N2O4/c23-18-8-7-15(12-19(18)24)21(27)25-9-11-29-17(13-25)14-26(16-4-1-2-5-16)22(28)20-6-3-10-30-20/h3,6-8,10,12,16-17H,1-2,4-5,9,11,13-14H2/t17-/m0/s1. The average Bonchev–Trinajstić information content (AvgIpc) is 3.47. The minimum absolute atomic E-state index is 0.119. The van der Waals surface area contributed by atoms with Gasteiger partial charge in [0.1, 0.15) is 0 Å². The van der Waals surface area contributed by atoms with Crippen molar-refractivity contribution in [3.05, 3.63) is 58.0 Å². The number of carbonyl (C=O) groups is 2. The third-order valence-corrected chi connectivity index (χ3v) is 6.49. The Balaban J connectivity index is 1.46. The normalized spacial score (nSPS) is 19.8. The first-order valence-corrected chi connectivity index (χ1v) is 11.0. The lowest BCUT2D eigenvalue weighted by molar-refractivity contribution is -0.0374. The summed E-state index contributed by atoms with van der Waals surface area (Å²) in [6.45, 7) is 1.75. The van der Waals surface area contributed by atoms with Crippen LogP contribution >= 0.6 is 23.2 Å². The van der Waals surface area contributed by atoms with Gasteiger partial charge in [0.2, 0.25) is 0 Å². The van der Waals surface area contributed by atoms with Crippen LogP contribution < -0.4 is 0 Å². The van der Waals surface area contributed by atoms with Crippen molar-refractivity contribution in [1.29, 1.82) is 0 Å². The Morgan fingerprint density at radius 3 is 2.63 bits per heavy atom. The summed E-state index contributed by atoms with van der Waals surface area (Å²) in [5, 5.41) is 0.764. The molecule has 0 spiro atoms. The van der Waals surface area contributed by atoms with Crippen molar-refractivity contribution in [2.24, 2.45) is 0 Å². The number of ether oxygens (including phenoxy) is 1. The summed E-state index contributed by atoms with van der Waals surface area (Å²) < 4.78 is 11.3. The highest BCUT2D eigenvalue weighted by molar-refractivity contribution is 6.42. The van der Waals surface area contributed by atoms with Gasteiger partial charge in [-0.15, -0.1) is 0 Å². The van der Waals surface area contributed by atoms with Crippen molar-refractivity contribution in [2.75, 3.05) is 26.2 Å². The molecule has 2 amide bonds. The van der Waals surface area contributed by atoms with Crippen LogP contribution in [-0.4, -0.2) is 60.0 Å². The number of benzene rings is 1. The van der Waals surface area contributed by atoms with Crippen molar-refractivity contribution >= 4 is 35.0 Å². The zero-order valence-electron chi connectivity index (χ0n) is 16.6. The van der Waals surface area contributed by atoms with Crippen LogP contribution in [0.4, 0.5) is 0 Å². The van der Waals surface area contributed by atoms with E-state index >= 15 is 0 Å². The monoisotopic (exact) mass is 450 g/mol. The van der Waals surface area contributed by atoms with Crippen LogP contribution in [0, 0.1) is 0 Å². The summed E-state index contributed by atoms with van der Waals surface area (Å²) in [4.78, 5) is 29.6. The minimum atomic E-state index is -0.259. The molecule has 1 atom stereocenters. The Morgan fingerprint density at radius 1 is 1.13 bits per heavy atom. The predicted molar refractivity (Wildman–Crippen MR) is 114 cm³/mol. The molecule has 4 rings (SSSR count). The first-order valence-electron chi connectivity index (χ1n) is 10.2. The molecule has 2 heterocycles. The molecule has 0 unspecified atom stereocenters. The predicted octanol–water partition coefficient (Wildman–Crippen LogP) is 4.51. The zero-order chi connectivity index (χ0) is 21.1. The highest BCUT2D eigenvalue weighted by Gasteiger charge is 2.33. The number of furan rings is 1. The number of carbonyl (C=O) groups excluding carboxylic acids is 2. The number of halogens is 2. The van der Waals surface area contributed by atoms with Gasteiger partial charge in [-0.05, 0) is 43.2 Å². The Hall–Kier alpha value is -2.02. The molecule has 2 aromatic rings. The second-order valence-corrected chi connectivity index (χ2v) is 8.56. The second-order valence-electron chi connectivity index (χ2n) is 7.75. The quantitative estimate of drug-likeness (QED) is 0.671. The number of rotatable bonds is 5. The number of hydrogen-bond acceptors (Lipinski definition) is 4. The van der Waals surface area contributed by atoms with E-state index in [0.717, 1.165) is 25.7 Å². The molecule has 8 heteroatoms. The largest absolute Gasteiger partial charge is 0.459 e. The molecule has 2 aliphatic rings. The molecule has 0 radical (unpaired) electrons. The van der Waals surface area contributed by atoms with E-state index in [1.807, 2.05) is 4.90 Å². The van der Waals surface area contributed by atoms with Crippen LogP contribution in [0.2, 0.25) is 10.0 Å². The van der Waals surface area contributed by atoms with Crippen molar-refractivity contribution < 1.29 is 18.7 Å². The lowest BCUT2D eigenvalue weighted by Crippen LogP contribution is -2.52. The van der Waals surface area contributed by atoms with Gasteiger partial charge in [0.05, 0.1) is 29.0 Å². The van der Waals surface area contributed by atoms with Gasteiger partial charge in [0.15, 0.2) is 5.76 Å². The molecule has 1 saturated carbocycles.